The fourth-order valence-electron chi connectivity index (χ4n) is 6.82. The molecule has 2 aliphatic carbocycles. The Hall–Kier alpha value is -4.32. The van der Waals surface area contributed by atoms with Crippen molar-refractivity contribution < 1.29 is 28.5 Å². The Morgan fingerprint density at radius 1 is 0.619 bits per heavy atom. The Balaban J connectivity index is 1.46. The predicted octanol–water partition coefficient (Wildman–Crippen LogP) is 7.17. The number of carbonyl (C=O) groups is 2. The lowest BCUT2D eigenvalue weighted by molar-refractivity contribution is -0.142. The van der Waals surface area contributed by atoms with Crippen molar-refractivity contribution in [2.75, 3.05) is 26.4 Å². The number of esters is 2. The van der Waals surface area contributed by atoms with Crippen molar-refractivity contribution >= 4 is 44.6 Å². The highest BCUT2D eigenvalue weighted by Crippen LogP contribution is 2.53. The molecule has 6 heteroatoms. The van der Waals surface area contributed by atoms with Gasteiger partial charge in [-0.3, -0.25) is 9.59 Å². The van der Waals surface area contributed by atoms with Crippen molar-refractivity contribution in [3.8, 4) is 11.5 Å². The highest BCUT2D eigenvalue weighted by atomic mass is 16.6. The van der Waals surface area contributed by atoms with Crippen LogP contribution in [0.15, 0.2) is 60.7 Å². The quantitative estimate of drug-likeness (QED) is 0.167. The fourth-order valence-corrected chi connectivity index (χ4v) is 6.82. The van der Waals surface area contributed by atoms with Gasteiger partial charge in [-0.25, -0.2) is 0 Å². The lowest BCUT2D eigenvalue weighted by Crippen LogP contribution is -2.10. The average Bonchev–Trinajstić information content (AvgIpc) is 3.47. The van der Waals surface area contributed by atoms with Crippen molar-refractivity contribution in [1.82, 2.24) is 0 Å². The zero-order valence-corrected chi connectivity index (χ0v) is 24.6. The normalized spacial score (nSPS) is 19.0. The molecule has 0 fully saturated rings. The summed E-state index contributed by atoms with van der Waals surface area (Å²) in [5, 5.41) is 4.52. The van der Waals surface area contributed by atoms with Gasteiger partial charge in [-0.2, -0.15) is 0 Å². The second-order valence-electron chi connectivity index (χ2n) is 11.3. The van der Waals surface area contributed by atoms with E-state index in [0.717, 1.165) is 35.1 Å². The monoisotopic (exact) mass is 564 g/mol. The summed E-state index contributed by atoms with van der Waals surface area (Å²) in [6.45, 7) is 8.56. The third kappa shape index (κ3) is 5.11. The van der Waals surface area contributed by atoms with Gasteiger partial charge in [0.15, 0.2) is 0 Å². The number of hydrogen-bond acceptors (Lipinski definition) is 6. The minimum absolute atomic E-state index is 0.225. The molecule has 42 heavy (non-hydrogen) atoms. The Morgan fingerprint density at radius 3 is 1.38 bits per heavy atom. The maximum Gasteiger partial charge on any atom is 0.302 e. The number of fused-ring (bicyclic) bond motifs is 6. The number of ether oxygens (including phenoxy) is 4. The minimum Gasteiger partial charge on any atom is -0.489 e. The fraction of sp³-hybridized carbons (Fsp3) is 0.333. The van der Waals surface area contributed by atoms with Gasteiger partial charge < -0.3 is 18.9 Å². The van der Waals surface area contributed by atoms with E-state index < -0.39 is 0 Å². The van der Waals surface area contributed by atoms with Gasteiger partial charge in [0.05, 0.1) is 0 Å². The van der Waals surface area contributed by atoms with E-state index in [4.69, 9.17) is 18.9 Å². The Bertz CT molecular complexity index is 1610. The molecule has 0 bridgehead atoms. The molecule has 0 spiro atoms. The topological polar surface area (TPSA) is 71.1 Å². The van der Waals surface area contributed by atoms with Gasteiger partial charge in [0, 0.05) is 24.6 Å². The molecule has 0 amide bonds. The summed E-state index contributed by atoms with van der Waals surface area (Å²) in [7, 11) is 0. The van der Waals surface area contributed by atoms with Crippen molar-refractivity contribution in [2.45, 2.75) is 40.5 Å². The van der Waals surface area contributed by atoms with Crippen LogP contribution in [0.25, 0.3) is 32.7 Å². The average molecular weight is 565 g/mol. The molecule has 4 aromatic carbocycles. The van der Waals surface area contributed by atoms with E-state index in [1.165, 1.54) is 58.0 Å². The van der Waals surface area contributed by atoms with Crippen LogP contribution in [0.5, 0.6) is 11.5 Å². The zero-order valence-electron chi connectivity index (χ0n) is 24.6. The number of allylic oxidation sites excluding steroid dienone is 2. The Kier molecular flexibility index (Phi) is 7.63. The van der Waals surface area contributed by atoms with E-state index in [1.807, 2.05) is 12.1 Å². The number of hydrogen-bond donors (Lipinski definition) is 0. The van der Waals surface area contributed by atoms with E-state index in [9.17, 15) is 9.59 Å². The maximum atomic E-state index is 11.2. The lowest BCUT2D eigenvalue weighted by Gasteiger charge is -2.20. The van der Waals surface area contributed by atoms with Gasteiger partial charge in [-0.05, 0) is 81.0 Å². The Morgan fingerprint density at radius 2 is 1.00 bits per heavy atom. The summed E-state index contributed by atoms with van der Waals surface area (Å²) < 4.78 is 22.5. The molecule has 6 rings (SSSR count). The molecule has 0 aliphatic heterocycles. The third-order valence-corrected chi connectivity index (χ3v) is 8.34. The van der Waals surface area contributed by atoms with Gasteiger partial charge in [0.2, 0.25) is 0 Å². The second-order valence-corrected chi connectivity index (χ2v) is 11.3. The van der Waals surface area contributed by atoms with E-state index in [2.05, 4.69) is 62.4 Å². The van der Waals surface area contributed by atoms with Crippen LogP contribution in [-0.2, 0) is 31.9 Å². The van der Waals surface area contributed by atoms with Crippen molar-refractivity contribution in [1.29, 1.82) is 0 Å². The van der Waals surface area contributed by atoms with Crippen molar-refractivity contribution in [3.63, 3.8) is 0 Å². The summed E-state index contributed by atoms with van der Waals surface area (Å²) in [4.78, 5) is 22.4. The summed E-state index contributed by atoms with van der Waals surface area (Å²) in [6.07, 6.45) is 1.88. The molecule has 0 N–H and O–H groups in total. The van der Waals surface area contributed by atoms with E-state index >= 15 is 0 Å². The van der Waals surface area contributed by atoms with Crippen LogP contribution in [0.1, 0.15) is 49.9 Å². The summed E-state index contributed by atoms with van der Waals surface area (Å²) in [6, 6.07) is 21.3. The second kappa shape index (κ2) is 11.5. The molecule has 216 valence electrons. The predicted molar refractivity (Wildman–Crippen MR) is 165 cm³/mol. The van der Waals surface area contributed by atoms with Gasteiger partial charge in [0.25, 0.3) is 0 Å². The molecule has 2 aliphatic rings. The minimum atomic E-state index is -0.304. The van der Waals surface area contributed by atoms with Gasteiger partial charge in [-0.1, -0.05) is 62.4 Å². The van der Waals surface area contributed by atoms with Crippen LogP contribution in [0.4, 0.5) is 0 Å². The van der Waals surface area contributed by atoms with Crippen LogP contribution >= 0.6 is 0 Å². The molecule has 0 aromatic heterocycles. The first-order valence-corrected chi connectivity index (χ1v) is 14.7. The standard InChI is InChI=1S/C36H36O6/c1-21-17-25-19-31(41-15-13-39-23(3)37)27-9-5-7-11-29(27)35(25)33(21)34-22(2)18-26-20-32(42-16-14-40-24(4)38)28-10-6-8-12-30(28)36(26)34/h5-12,19-22H,13-18H2,1-4H3/b34-33-/t21-,22-/m0/s1. The molecule has 0 heterocycles. The zero-order chi connectivity index (χ0) is 29.4. The van der Waals surface area contributed by atoms with E-state index in [-0.39, 0.29) is 25.2 Å². The molecule has 0 radical (unpaired) electrons. The van der Waals surface area contributed by atoms with Crippen molar-refractivity contribution in [2.24, 2.45) is 11.8 Å². The lowest BCUT2D eigenvalue weighted by atomic mass is 9.85. The van der Waals surface area contributed by atoms with Crippen molar-refractivity contribution in [3.05, 3.63) is 82.9 Å². The highest BCUT2D eigenvalue weighted by molar-refractivity contribution is 6.11. The van der Waals surface area contributed by atoms with Crippen LogP contribution in [-0.4, -0.2) is 38.4 Å². The molecular weight excluding hydrogens is 528 g/mol. The number of carbonyl (C=O) groups excluding carboxylic acids is 2. The molecule has 0 saturated carbocycles. The van der Waals surface area contributed by atoms with Crippen LogP contribution in [0, 0.1) is 11.8 Å². The summed E-state index contributed by atoms with van der Waals surface area (Å²) >= 11 is 0. The molecule has 0 unspecified atom stereocenters. The van der Waals surface area contributed by atoms with Gasteiger partial charge in [-0.15, -0.1) is 0 Å². The van der Waals surface area contributed by atoms with Gasteiger partial charge in [0.1, 0.15) is 37.9 Å². The van der Waals surface area contributed by atoms with E-state index in [0.29, 0.717) is 25.0 Å². The van der Waals surface area contributed by atoms with Crippen LogP contribution in [0.2, 0.25) is 0 Å². The summed E-state index contributed by atoms with van der Waals surface area (Å²) in [5.41, 5.74) is 8.08. The van der Waals surface area contributed by atoms with Gasteiger partial charge >= 0.3 is 11.9 Å². The molecule has 0 saturated heterocycles. The van der Waals surface area contributed by atoms with Crippen LogP contribution in [0.3, 0.4) is 0 Å². The number of rotatable bonds is 8. The third-order valence-electron chi connectivity index (χ3n) is 8.34. The first-order valence-electron chi connectivity index (χ1n) is 14.7. The highest BCUT2D eigenvalue weighted by Gasteiger charge is 2.36. The summed E-state index contributed by atoms with van der Waals surface area (Å²) in [5.74, 6) is 1.75. The maximum absolute atomic E-state index is 11.2. The molecular formula is C36H36O6. The smallest absolute Gasteiger partial charge is 0.302 e. The first-order chi connectivity index (χ1) is 20.3. The molecule has 2 atom stereocenters. The van der Waals surface area contributed by atoms with E-state index in [1.54, 1.807) is 0 Å². The largest absolute Gasteiger partial charge is 0.489 e. The number of benzene rings is 4. The first kappa shape index (κ1) is 27.8. The van der Waals surface area contributed by atoms with Crippen LogP contribution < -0.4 is 9.47 Å². The molecule has 4 aromatic rings. The SMILES string of the molecule is CC(=O)OCCOc1cc2c(c3ccccc13)/C(=C1\c3c(cc(OCCOC(C)=O)c4ccccc34)C[C@@H]1C)[C@@H](C)C2. The Labute approximate surface area is 246 Å². The molecule has 6 nitrogen and oxygen atoms in total.